The Morgan fingerprint density at radius 2 is 1.75 bits per heavy atom. The Hall–Kier alpha value is -2.92. The van der Waals surface area contributed by atoms with Crippen LogP contribution >= 0.6 is 11.6 Å². The van der Waals surface area contributed by atoms with E-state index < -0.39 is 0 Å². The monoisotopic (exact) mass is 390 g/mol. The van der Waals surface area contributed by atoms with Crippen LogP contribution in [0.3, 0.4) is 0 Å². The molecule has 140 valence electrons. The average Bonchev–Trinajstić information content (AvgIpc) is 3.24. The summed E-state index contributed by atoms with van der Waals surface area (Å²) in [5.41, 5.74) is 1.95. The van der Waals surface area contributed by atoms with Gasteiger partial charge in [-0.05, 0) is 43.2 Å². The molecular formula is C22H19ClN4O. The van der Waals surface area contributed by atoms with Gasteiger partial charge in [0.2, 0.25) is 11.7 Å². The molecule has 1 fully saturated rings. The maximum absolute atomic E-state index is 6.06. The van der Waals surface area contributed by atoms with Crippen LogP contribution in [0.1, 0.15) is 24.7 Å². The van der Waals surface area contributed by atoms with Gasteiger partial charge in [-0.1, -0.05) is 47.1 Å². The number of halogens is 1. The van der Waals surface area contributed by atoms with E-state index in [4.69, 9.17) is 21.1 Å². The van der Waals surface area contributed by atoms with E-state index in [0.29, 0.717) is 11.7 Å². The Bertz CT molecular complexity index is 1100. The lowest BCUT2D eigenvalue weighted by atomic mass is 9.96. The van der Waals surface area contributed by atoms with Crippen molar-refractivity contribution in [3.05, 3.63) is 71.6 Å². The summed E-state index contributed by atoms with van der Waals surface area (Å²) in [6.45, 7) is 1.83. The number of anilines is 1. The van der Waals surface area contributed by atoms with Gasteiger partial charge in [0.15, 0.2) is 0 Å². The van der Waals surface area contributed by atoms with Crippen molar-refractivity contribution in [1.29, 1.82) is 0 Å². The Morgan fingerprint density at radius 3 is 2.57 bits per heavy atom. The summed E-state index contributed by atoms with van der Waals surface area (Å²) in [4.78, 5) is 11.7. The minimum Gasteiger partial charge on any atom is -0.357 e. The van der Waals surface area contributed by atoms with Crippen molar-refractivity contribution >= 4 is 28.3 Å². The van der Waals surface area contributed by atoms with Crippen LogP contribution < -0.4 is 4.90 Å². The van der Waals surface area contributed by atoms with Gasteiger partial charge in [-0.2, -0.15) is 4.98 Å². The summed E-state index contributed by atoms with van der Waals surface area (Å²) < 4.78 is 5.56. The zero-order valence-corrected chi connectivity index (χ0v) is 16.0. The molecular weight excluding hydrogens is 372 g/mol. The lowest BCUT2D eigenvalue weighted by Gasteiger charge is -2.31. The molecule has 1 aliphatic rings. The van der Waals surface area contributed by atoms with Gasteiger partial charge in [-0.3, -0.25) is 0 Å². The van der Waals surface area contributed by atoms with Crippen LogP contribution in [0, 0.1) is 0 Å². The van der Waals surface area contributed by atoms with Gasteiger partial charge < -0.3 is 9.42 Å². The second-order valence-corrected chi connectivity index (χ2v) is 7.53. The normalized spacial score (nSPS) is 15.2. The first-order chi connectivity index (χ1) is 13.8. The summed E-state index contributed by atoms with van der Waals surface area (Å²) in [5, 5.41) is 5.95. The van der Waals surface area contributed by atoms with Gasteiger partial charge in [0.1, 0.15) is 5.82 Å². The fourth-order valence-corrected chi connectivity index (χ4v) is 3.90. The molecule has 0 spiro atoms. The smallest absolute Gasteiger partial charge is 0.230 e. The molecule has 6 heteroatoms. The average molecular weight is 391 g/mol. The van der Waals surface area contributed by atoms with Crippen molar-refractivity contribution in [1.82, 2.24) is 15.1 Å². The van der Waals surface area contributed by atoms with Crippen LogP contribution in [0.4, 0.5) is 5.82 Å². The molecule has 3 heterocycles. The second-order valence-electron chi connectivity index (χ2n) is 7.09. The van der Waals surface area contributed by atoms with Gasteiger partial charge in [0.05, 0.1) is 5.52 Å². The van der Waals surface area contributed by atoms with E-state index in [2.05, 4.69) is 27.2 Å². The van der Waals surface area contributed by atoms with Crippen molar-refractivity contribution < 1.29 is 4.52 Å². The third-order valence-electron chi connectivity index (χ3n) is 5.28. The number of hydrogen-bond donors (Lipinski definition) is 0. The topological polar surface area (TPSA) is 55.1 Å². The molecule has 0 aliphatic carbocycles. The molecule has 0 bridgehead atoms. The molecule has 4 aromatic rings. The van der Waals surface area contributed by atoms with Gasteiger partial charge >= 0.3 is 0 Å². The Balaban J connectivity index is 1.29. The van der Waals surface area contributed by atoms with Gasteiger partial charge in [-0.15, -0.1) is 0 Å². The van der Waals surface area contributed by atoms with Crippen molar-refractivity contribution in [3.63, 3.8) is 0 Å². The number of piperidine rings is 1. The lowest BCUT2D eigenvalue weighted by Crippen LogP contribution is -2.33. The molecule has 1 aliphatic heterocycles. The molecule has 28 heavy (non-hydrogen) atoms. The summed E-state index contributed by atoms with van der Waals surface area (Å²) >= 11 is 6.06. The summed E-state index contributed by atoms with van der Waals surface area (Å²) in [6.07, 6.45) is 1.94. The van der Waals surface area contributed by atoms with E-state index in [9.17, 15) is 0 Å². The van der Waals surface area contributed by atoms with E-state index in [0.717, 1.165) is 59.1 Å². The SMILES string of the molecule is Clc1ccc2nc(N3CCC(c4nc(-c5ccccc5)no4)CC3)ccc2c1. The predicted octanol–water partition coefficient (Wildman–Crippen LogP) is 5.32. The van der Waals surface area contributed by atoms with Crippen LogP contribution in [0.5, 0.6) is 0 Å². The van der Waals surface area contributed by atoms with Crippen LogP contribution in [0.15, 0.2) is 65.2 Å². The molecule has 5 nitrogen and oxygen atoms in total. The van der Waals surface area contributed by atoms with Crippen molar-refractivity contribution in [2.45, 2.75) is 18.8 Å². The molecule has 0 unspecified atom stereocenters. The first-order valence-electron chi connectivity index (χ1n) is 9.46. The Morgan fingerprint density at radius 1 is 0.929 bits per heavy atom. The number of nitrogens with zero attached hydrogens (tertiary/aromatic N) is 4. The largest absolute Gasteiger partial charge is 0.357 e. The van der Waals surface area contributed by atoms with E-state index in [-0.39, 0.29) is 0 Å². The maximum atomic E-state index is 6.06. The van der Waals surface area contributed by atoms with Crippen LogP contribution in [-0.2, 0) is 0 Å². The fourth-order valence-electron chi connectivity index (χ4n) is 3.72. The minimum absolute atomic E-state index is 0.292. The second kappa shape index (κ2) is 7.24. The van der Waals surface area contributed by atoms with Crippen LogP contribution in [-0.4, -0.2) is 28.2 Å². The van der Waals surface area contributed by atoms with E-state index >= 15 is 0 Å². The molecule has 1 saturated heterocycles. The van der Waals surface area contributed by atoms with E-state index in [1.165, 1.54) is 0 Å². The number of benzene rings is 2. The number of pyridine rings is 1. The molecule has 2 aromatic carbocycles. The van der Waals surface area contributed by atoms with Crippen molar-refractivity contribution in [2.75, 3.05) is 18.0 Å². The highest BCUT2D eigenvalue weighted by molar-refractivity contribution is 6.31. The number of fused-ring (bicyclic) bond motifs is 1. The highest BCUT2D eigenvalue weighted by atomic mass is 35.5. The van der Waals surface area contributed by atoms with Gasteiger partial charge in [0, 0.05) is 35.0 Å². The van der Waals surface area contributed by atoms with Gasteiger partial charge in [-0.25, -0.2) is 4.98 Å². The highest BCUT2D eigenvalue weighted by Crippen LogP contribution is 2.31. The highest BCUT2D eigenvalue weighted by Gasteiger charge is 2.26. The standard InChI is InChI=1S/C22H19ClN4O/c23-18-7-8-19-17(14-18)6-9-20(24-19)27-12-10-16(11-13-27)22-25-21(26-28-22)15-4-2-1-3-5-15/h1-9,14,16H,10-13H2. The predicted molar refractivity (Wildman–Crippen MR) is 111 cm³/mol. The molecule has 5 rings (SSSR count). The fraction of sp³-hybridized carbons (Fsp3) is 0.227. The number of rotatable bonds is 3. The molecule has 0 amide bonds. The van der Waals surface area contributed by atoms with E-state index in [1.54, 1.807) is 0 Å². The third kappa shape index (κ3) is 3.34. The maximum Gasteiger partial charge on any atom is 0.230 e. The van der Waals surface area contributed by atoms with Crippen molar-refractivity contribution in [3.8, 4) is 11.4 Å². The van der Waals surface area contributed by atoms with Crippen molar-refractivity contribution in [2.24, 2.45) is 0 Å². The molecule has 0 radical (unpaired) electrons. The molecule has 0 saturated carbocycles. The summed E-state index contributed by atoms with van der Waals surface area (Å²) in [7, 11) is 0. The summed E-state index contributed by atoms with van der Waals surface area (Å²) in [5.74, 6) is 2.69. The summed E-state index contributed by atoms with van der Waals surface area (Å²) in [6, 6.07) is 19.9. The zero-order chi connectivity index (χ0) is 18.9. The molecule has 0 N–H and O–H groups in total. The number of aromatic nitrogens is 3. The van der Waals surface area contributed by atoms with Crippen LogP contribution in [0.25, 0.3) is 22.3 Å². The lowest BCUT2D eigenvalue weighted by molar-refractivity contribution is 0.329. The first kappa shape index (κ1) is 17.2. The van der Waals surface area contributed by atoms with Crippen LogP contribution in [0.2, 0.25) is 5.02 Å². The third-order valence-corrected chi connectivity index (χ3v) is 5.51. The molecule has 2 aromatic heterocycles. The number of hydrogen-bond acceptors (Lipinski definition) is 5. The van der Waals surface area contributed by atoms with Gasteiger partial charge in [0.25, 0.3) is 0 Å². The first-order valence-corrected chi connectivity index (χ1v) is 9.84. The minimum atomic E-state index is 0.292. The molecule has 0 atom stereocenters. The quantitative estimate of drug-likeness (QED) is 0.473. The van der Waals surface area contributed by atoms with E-state index in [1.807, 2.05) is 48.5 Å². The Kier molecular flexibility index (Phi) is 4.45. The zero-order valence-electron chi connectivity index (χ0n) is 15.3. The Labute approximate surface area is 168 Å².